The molecule has 176 valence electrons. The van der Waals surface area contributed by atoms with Crippen LogP contribution in [-0.2, 0) is 0 Å². The molecule has 3 aromatic carbocycles. The molecule has 4 aromatic rings. The van der Waals surface area contributed by atoms with Gasteiger partial charge >= 0.3 is 0 Å². The van der Waals surface area contributed by atoms with E-state index in [1.807, 2.05) is 61.2 Å². The number of aromatic nitrogens is 2. The Balaban J connectivity index is 1.63. The molecule has 0 amide bonds. The molecule has 8 heteroatoms. The van der Waals surface area contributed by atoms with Gasteiger partial charge in [-0.2, -0.15) is 4.98 Å². The van der Waals surface area contributed by atoms with Gasteiger partial charge in [0.2, 0.25) is 5.82 Å². The van der Waals surface area contributed by atoms with Crippen molar-refractivity contribution in [3.05, 3.63) is 101 Å². The number of methoxy groups -OCH3 is 1. The van der Waals surface area contributed by atoms with E-state index < -0.39 is 6.04 Å². The largest absolute Gasteiger partial charge is 0.497 e. The smallest absolute Gasteiger partial charge is 0.258 e. The van der Waals surface area contributed by atoms with Crippen molar-refractivity contribution < 1.29 is 13.7 Å². The number of halogens is 1. The van der Waals surface area contributed by atoms with Crippen LogP contribution in [0.2, 0.25) is 0 Å². The summed E-state index contributed by atoms with van der Waals surface area (Å²) in [5.41, 5.74) is 5.27. The number of nitrogens with zero attached hydrogens (tertiary/aromatic N) is 3. The number of nitrogens with one attached hydrogen (secondary N) is 1. The summed E-state index contributed by atoms with van der Waals surface area (Å²) in [6, 6.07) is 21.4. The molecule has 1 aliphatic rings. The number of hydrogen-bond donors (Lipinski definition) is 1. The van der Waals surface area contributed by atoms with E-state index in [1.54, 1.807) is 19.2 Å². The maximum absolute atomic E-state index is 13.7. The van der Waals surface area contributed by atoms with Crippen LogP contribution in [0, 0.1) is 12.7 Å². The van der Waals surface area contributed by atoms with E-state index in [4.69, 9.17) is 26.5 Å². The van der Waals surface area contributed by atoms with E-state index in [0.717, 1.165) is 39.4 Å². The average molecular weight is 487 g/mol. The normalized spacial score (nSPS) is 15.8. The molecule has 0 aliphatic carbocycles. The van der Waals surface area contributed by atoms with Crippen LogP contribution in [0.1, 0.15) is 30.0 Å². The van der Waals surface area contributed by atoms with Gasteiger partial charge in [0.25, 0.3) is 5.89 Å². The predicted molar refractivity (Wildman–Crippen MR) is 137 cm³/mol. The molecule has 0 spiro atoms. The molecule has 2 heterocycles. The second-order valence-corrected chi connectivity index (χ2v) is 8.65. The third kappa shape index (κ3) is 4.40. The van der Waals surface area contributed by atoms with Gasteiger partial charge in [-0.15, -0.1) is 0 Å². The summed E-state index contributed by atoms with van der Waals surface area (Å²) in [5.74, 6) is 1.24. The van der Waals surface area contributed by atoms with Gasteiger partial charge in [0.1, 0.15) is 11.6 Å². The Labute approximate surface area is 208 Å². The first-order valence-corrected chi connectivity index (χ1v) is 11.5. The van der Waals surface area contributed by atoms with Gasteiger partial charge in [-0.05, 0) is 85.7 Å². The molecule has 1 atom stereocenters. The molecule has 0 fully saturated rings. The van der Waals surface area contributed by atoms with Crippen molar-refractivity contribution in [3.63, 3.8) is 0 Å². The van der Waals surface area contributed by atoms with Crippen LogP contribution >= 0.6 is 12.2 Å². The molecule has 5 rings (SSSR count). The van der Waals surface area contributed by atoms with E-state index in [-0.39, 0.29) is 5.82 Å². The molecule has 35 heavy (non-hydrogen) atoms. The zero-order valence-electron chi connectivity index (χ0n) is 19.4. The first-order chi connectivity index (χ1) is 16.9. The number of ether oxygens (including phenoxy) is 1. The minimum Gasteiger partial charge on any atom is -0.497 e. The van der Waals surface area contributed by atoms with Gasteiger partial charge < -0.3 is 14.6 Å². The van der Waals surface area contributed by atoms with Gasteiger partial charge in [-0.3, -0.25) is 4.90 Å². The molecule has 0 saturated heterocycles. The van der Waals surface area contributed by atoms with E-state index in [9.17, 15) is 4.39 Å². The number of aryl methyl sites for hydroxylation is 1. The average Bonchev–Trinajstić information content (AvgIpc) is 3.34. The number of rotatable bonds is 5. The van der Waals surface area contributed by atoms with Gasteiger partial charge in [-0.25, -0.2) is 4.39 Å². The van der Waals surface area contributed by atoms with Gasteiger partial charge in [-0.1, -0.05) is 29.4 Å². The summed E-state index contributed by atoms with van der Waals surface area (Å²) >= 11 is 5.77. The van der Waals surface area contributed by atoms with Crippen molar-refractivity contribution in [1.29, 1.82) is 0 Å². The lowest BCUT2D eigenvalue weighted by Crippen LogP contribution is -2.46. The van der Waals surface area contributed by atoms with Crippen molar-refractivity contribution in [1.82, 2.24) is 15.5 Å². The Morgan fingerprint density at radius 2 is 1.77 bits per heavy atom. The fourth-order valence-corrected chi connectivity index (χ4v) is 4.55. The zero-order valence-corrected chi connectivity index (χ0v) is 20.3. The summed E-state index contributed by atoms with van der Waals surface area (Å²) in [7, 11) is 1.62. The van der Waals surface area contributed by atoms with Gasteiger partial charge in [0, 0.05) is 16.9 Å². The van der Waals surface area contributed by atoms with Crippen LogP contribution in [-0.4, -0.2) is 22.4 Å². The molecule has 1 aliphatic heterocycles. The van der Waals surface area contributed by atoms with E-state index in [0.29, 0.717) is 16.8 Å². The standard InChI is InChI=1S/C27H23FN4O2S/c1-16-5-4-6-21(15-16)32-17(2)23(24(29-27(32)35)18-7-11-20(28)12-8-18)26-30-25(31-34-26)19-9-13-22(33-3)14-10-19/h4-15,24H,1-3H3,(H,29,35). The van der Waals surface area contributed by atoms with E-state index in [1.165, 1.54) is 12.1 Å². The third-order valence-electron chi connectivity index (χ3n) is 5.95. The molecule has 6 nitrogen and oxygen atoms in total. The summed E-state index contributed by atoms with van der Waals surface area (Å²) < 4.78 is 24.7. The van der Waals surface area contributed by atoms with Crippen LogP contribution in [0.15, 0.2) is 83.0 Å². The molecule has 0 bridgehead atoms. The van der Waals surface area contributed by atoms with Crippen molar-refractivity contribution in [2.75, 3.05) is 12.0 Å². The van der Waals surface area contributed by atoms with Crippen LogP contribution < -0.4 is 15.0 Å². The maximum Gasteiger partial charge on any atom is 0.258 e. The lowest BCUT2D eigenvalue weighted by molar-refractivity contribution is 0.404. The highest BCUT2D eigenvalue weighted by Gasteiger charge is 2.34. The molecule has 0 radical (unpaired) electrons. The summed E-state index contributed by atoms with van der Waals surface area (Å²) in [6.45, 7) is 4.00. The first kappa shape index (κ1) is 22.7. The number of anilines is 1. The Morgan fingerprint density at radius 3 is 2.46 bits per heavy atom. The van der Waals surface area contributed by atoms with Crippen LogP contribution in [0.3, 0.4) is 0 Å². The zero-order chi connectivity index (χ0) is 24.5. The van der Waals surface area contributed by atoms with E-state index in [2.05, 4.69) is 16.5 Å². The van der Waals surface area contributed by atoms with Crippen molar-refractivity contribution in [2.45, 2.75) is 19.9 Å². The molecule has 0 saturated carbocycles. The summed E-state index contributed by atoms with van der Waals surface area (Å²) in [6.07, 6.45) is 0. The number of hydrogen-bond acceptors (Lipinski definition) is 5. The predicted octanol–water partition coefficient (Wildman–Crippen LogP) is 6.06. The summed E-state index contributed by atoms with van der Waals surface area (Å²) in [4.78, 5) is 6.67. The number of allylic oxidation sites excluding steroid dienone is 1. The number of thiocarbonyl (C=S) groups is 1. The quantitative estimate of drug-likeness (QED) is 0.344. The van der Waals surface area contributed by atoms with E-state index >= 15 is 0 Å². The Hall–Kier alpha value is -4.04. The maximum atomic E-state index is 13.7. The fourth-order valence-electron chi connectivity index (χ4n) is 4.19. The molecular weight excluding hydrogens is 463 g/mol. The van der Waals surface area contributed by atoms with Gasteiger partial charge in [0.15, 0.2) is 5.11 Å². The van der Waals surface area contributed by atoms with Gasteiger partial charge in [0.05, 0.1) is 18.7 Å². The Bertz CT molecular complexity index is 1410. The Morgan fingerprint density at radius 1 is 1.03 bits per heavy atom. The van der Waals surface area contributed by atoms with Crippen LogP contribution in [0.25, 0.3) is 17.0 Å². The molecule has 1 N–H and O–H groups in total. The second-order valence-electron chi connectivity index (χ2n) is 8.26. The minimum absolute atomic E-state index is 0.310. The topological polar surface area (TPSA) is 63.4 Å². The highest BCUT2D eigenvalue weighted by molar-refractivity contribution is 7.80. The van der Waals surface area contributed by atoms with Crippen molar-refractivity contribution in [2.24, 2.45) is 0 Å². The van der Waals surface area contributed by atoms with Crippen molar-refractivity contribution in [3.8, 4) is 17.1 Å². The highest BCUT2D eigenvalue weighted by Crippen LogP contribution is 2.39. The molecule has 1 unspecified atom stereocenters. The van der Waals surface area contributed by atoms with Crippen molar-refractivity contribution >= 4 is 28.6 Å². The molecule has 1 aromatic heterocycles. The van der Waals surface area contributed by atoms with Crippen LogP contribution in [0.4, 0.5) is 10.1 Å². The second kappa shape index (κ2) is 9.31. The monoisotopic (exact) mass is 486 g/mol. The Kier molecular flexibility index (Phi) is 6.05. The highest BCUT2D eigenvalue weighted by atomic mass is 32.1. The SMILES string of the molecule is COc1ccc(-c2noc(C3=C(C)N(c4cccc(C)c4)C(=S)NC3c3ccc(F)cc3)n2)cc1. The first-order valence-electron chi connectivity index (χ1n) is 11.1. The summed E-state index contributed by atoms with van der Waals surface area (Å²) in [5, 5.41) is 8.15. The molecular formula is C27H23FN4O2S. The fraction of sp³-hybridized carbons (Fsp3) is 0.148. The third-order valence-corrected chi connectivity index (χ3v) is 6.25. The number of benzene rings is 3. The lowest BCUT2D eigenvalue weighted by Gasteiger charge is -2.37. The van der Waals surface area contributed by atoms with Crippen LogP contribution in [0.5, 0.6) is 5.75 Å². The minimum atomic E-state index is -0.395. The lowest BCUT2D eigenvalue weighted by atomic mass is 9.94.